The van der Waals surface area contributed by atoms with Crippen LogP contribution in [0.2, 0.25) is 0 Å². The number of hydrogen-bond donors (Lipinski definition) is 1. The number of carboxylic acid groups (broad SMARTS) is 1. The van der Waals surface area contributed by atoms with Gasteiger partial charge in [0.1, 0.15) is 6.42 Å². The lowest BCUT2D eigenvalue weighted by atomic mass is 10.3. The topological polar surface area (TPSA) is 37.3 Å². The lowest BCUT2D eigenvalue weighted by molar-refractivity contribution is -0.143. The van der Waals surface area contributed by atoms with E-state index >= 15 is 0 Å². The van der Waals surface area contributed by atoms with Gasteiger partial charge in [-0.25, -0.2) is 8.78 Å². The molecule has 9 heavy (non-hydrogen) atoms. The third-order valence-corrected chi connectivity index (χ3v) is 0.996. The van der Waals surface area contributed by atoms with Crippen molar-refractivity contribution in [2.45, 2.75) is 12.3 Å². The molecule has 0 atom stereocenters. The van der Waals surface area contributed by atoms with Gasteiger partial charge in [0, 0.05) is 0 Å². The number of carbonyl (C=O) groups is 1. The summed E-state index contributed by atoms with van der Waals surface area (Å²) in [7, 11) is 0. The van der Waals surface area contributed by atoms with Crippen LogP contribution in [0.5, 0.6) is 0 Å². The first kappa shape index (κ1) is 8.62. The van der Waals surface area contributed by atoms with Crippen LogP contribution in [0.4, 0.5) is 8.78 Å². The van der Waals surface area contributed by atoms with Gasteiger partial charge in [-0.1, -0.05) is 0 Å². The smallest absolute Gasteiger partial charge is 0.309 e. The van der Waals surface area contributed by atoms with E-state index in [-0.39, 0.29) is 0 Å². The highest BCUT2D eigenvalue weighted by molar-refractivity contribution is 6.18. The number of hydrogen-bond acceptors (Lipinski definition) is 1. The highest BCUT2D eigenvalue weighted by Gasteiger charge is 2.30. The summed E-state index contributed by atoms with van der Waals surface area (Å²) in [6.07, 6.45) is -1.20. The Bertz CT molecular complexity index is 115. The minimum Gasteiger partial charge on any atom is -0.481 e. The summed E-state index contributed by atoms with van der Waals surface area (Å²) in [5.74, 6) is -5.76. The third-order valence-electron chi connectivity index (χ3n) is 0.605. The van der Waals surface area contributed by atoms with E-state index in [4.69, 9.17) is 16.7 Å². The molecule has 0 rings (SSSR count). The Labute approximate surface area is 55.4 Å². The lowest BCUT2D eigenvalue weighted by Gasteiger charge is -2.07. The second kappa shape index (κ2) is 2.96. The fraction of sp³-hybridized carbons (Fsp3) is 0.750. The summed E-state index contributed by atoms with van der Waals surface area (Å²) in [5.41, 5.74) is 0. The molecule has 0 fully saturated rings. The zero-order chi connectivity index (χ0) is 7.49. The van der Waals surface area contributed by atoms with E-state index in [1.54, 1.807) is 0 Å². The summed E-state index contributed by atoms with van der Waals surface area (Å²) in [4.78, 5) is 9.64. The molecule has 0 unspecified atom stereocenters. The molecular formula is C4H5ClF2O2. The van der Waals surface area contributed by atoms with Crippen LogP contribution in [0.3, 0.4) is 0 Å². The van der Waals surface area contributed by atoms with Crippen molar-refractivity contribution in [3.05, 3.63) is 0 Å². The Morgan fingerprint density at radius 2 is 2.11 bits per heavy atom. The number of alkyl halides is 3. The molecule has 0 aromatic heterocycles. The molecule has 0 aliphatic heterocycles. The minimum absolute atomic E-state index is 0.945. The molecule has 0 amide bonds. The van der Waals surface area contributed by atoms with E-state index in [1.807, 2.05) is 0 Å². The summed E-state index contributed by atoms with van der Waals surface area (Å²) in [6.45, 7) is 0. The van der Waals surface area contributed by atoms with Gasteiger partial charge in [0.15, 0.2) is 0 Å². The second-order valence-electron chi connectivity index (χ2n) is 1.56. The molecule has 0 aliphatic carbocycles. The number of carboxylic acids is 1. The largest absolute Gasteiger partial charge is 0.481 e. The zero-order valence-corrected chi connectivity index (χ0v) is 5.16. The Hall–Kier alpha value is -0.380. The van der Waals surface area contributed by atoms with Gasteiger partial charge >= 0.3 is 5.97 Å². The molecule has 0 heterocycles. The molecule has 0 aliphatic rings. The molecule has 0 aromatic rings. The zero-order valence-electron chi connectivity index (χ0n) is 4.40. The standard InChI is InChI=1S/C4H5ClF2O2/c5-2-4(6,7)1-3(8)9/h1-2H2,(H,8,9). The highest BCUT2D eigenvalue weighted by Crippen LogP contribution is 2.19. The maximum Gasteiger partial charge on any atom is 0.309 e. The fourth-order valence-corrected chi connectivity index (χ4v) is 0.363. The summed E-state index contributed by atoms with van der Waals surface area (Å²) < 4.78 is 23.8. The van der Waals surface area contributed by atoms with Crippen LogP contribution in [-0.2, 0) is 4.79 Å². The van der Waals surface area contributed by atoms with Crippen molar-refractivity contribution in [1.82, 2.24) is 0 Å². The third kappa shape index (κ3) is 4.14. The van der Waals surface area contributed by atoms with Crippen molar-refractivity contribution < 1.29 is 18.7 Å². The molecule has 0 saturated carbocycles. The minimum atomic E-state index is -3.27. The van der Waals surface area contributed by atoms with Crippen molar-refractivity contribution in [3.63, 3.8) is 0 Å². The SMILES string of the molecule is O=C(O)CC(F)(F)CCl. The van der Waals surface area contributed by atoms with Crippen molar-refractivity contribution >= 4 is 17.6 Å². The van der Waals surface area contributed by atoms with Gasteiger partial charge in [-0.15, -0.1) is 11.6 Å². The normalized spacial score (nSPS) is 11.4. The van der Waals surface area contributed by atoms with E-state index in [9.17, 15) is 13.6 Å². The van der Waals surface area contributed by atoms with Gasteiger partial charge in [0.2, 0.25) is 0 Å². The molecule has 2 nitrogen and oxygen atoms in total. The molecule has 0 aromatic carbocycles. The molecule has 1 N–H and O–H groups in total. The number of halogens is 3. The number of rotatable bonds is 3. The maximum atomic E-state index is 11.9. The Morgan fingerprint density at radius 1 is 1.67 bits per heavy atom. The van der Waals surface area contributed by atoms with Crippen molar-refractivity contribution in [2.24, 2.45) is 0 Å². The molecule has 0 spiro atoms. The molecular weight excluding hydrogens is 153 g/mol. The van der Waals surface area contributed by atoms with E-state index in [2.05, 4.69) is 0 Å². The first-order valence-electron chi connectivity index (χ1n) is 2.13. The second-order valence-corrected chi connectivity index (χ2v) is 1.83. The van der Waals surface area contributed by atoms with Gasteiger partial charge in [-0.2, -0.15) is 0 Å². The quantitative estimate of drug-likeness (QED) is 0.630. The van der Waals surface area contributed by atoms with Crippen LogP contribution in [0.25, 0.3) is 0 Å². The lowest BCUT2D eigenvalue weighted by Crippen LogP contribution is -2.22. The maximum absolute atomic E-state index is 11.9. The first-order valence-corrected chi connectivity index (χ1v) is 2.67. The Kier molecular flexibility index (Phi) is 2.84. The molecule has 0 radical (unpaired) electrons. The predicted molar refractivity (Wildman–Crippen MR) is 27.9 cm³/mol. The average molecular weight is 159 g/mol. The van der Waals surface area contributed by atoms with Crippen molar-refractivity contribution in [2.75, 3.05) is 5.88 Å². The molecule has 0 saturated heterocycles. The Morgan fingerprint density at radius 3 is 2.22 bits per heavy atom. The fourth-order valence-electron chi connectivity index (χ4n) is 0.268. The van der Waals surface area contributed by atoms with E-state index < -0.39 is 24.2 Å². The number of aliphatic carboxylic acids is 1. The summed E-state index contributed by atoms with van der Waals surface area (Å²) in [5, 5.41) is 7.84. The van der Waals surface area contributed by atoms with E-state index in [0.717, 1.165) is 0 Å². The average Bonchev–Trinajstić information content (AvgIpc) is 1.63. The van der Waals surface area contributed by atoms with Crippen molar-refractivity contribution in [1.29, 1.82) is 0 Å². The van der Waals surface area contributed by atoms with Crippen LogP contribution < -0.4 is 0 Å². The molecule has 5 heteroatoms. The monoisotopic (exact) mass is 158 g/mol. The highest BCUT2D eigenvalue weighted by atomic mass is 35.5. The summed E-state index contributed by atoms with van der Waals surface area (Å²) in [6, 6.07) is 0. The van der Waals surface area contributed by atoms with Crippen LogP contribution in [0, 0.1) is 0 Å². The molecule has 0 bridgehead atoms. The van der Waals surface area contributed by atoms with Gasteiger partial charge in [-0.05, 0) is 0 Å². The van der Waals surface area contributed by atoms with E-state index in [1.165, 1.54) is 0 Å². The van der Waals surface area contributed by atoms with Crippen LogP contribution >= 0.6 is 11.6 Å². The van der Waals surface area contributed by atoms with Crippen LogP contribution in [0.1, 0.15) is 6.42 Å². The van der Waals surface area contributed by atoms with Crippen LogP contribution in [-0.4, -0.2) is 22.9 Å². The van der Waals surface area contributed by atoms with Crippen molar-refractivity contribution in [3.8, 4) is 0 Å². The van der Waals surface area contributed by atoms with Gasteiger partial charge in [-0.3, -0.25) is 4.79 Å². The van der Waals surface area contributed by atoms with Gasteiger partial charge in [0.25, 0.3) is 5.92 Å². The summed E-state index contributed by atoms with van der Waals surface area (Å²) >= 11 is 4.72. The first-order chi connectivity index (χ1) is 3.98. The Balaban J connectivity index is 3.71. The van der Waals surface area contributed by atoms with E-state index in [0.29, 0.717) is 0 Å². The van der Waals surface area contributed by atoms with Crippen LogP contribution in [0.15, 0.2) is 0 Å². The molecule has 54 valence electrons. The van der Waals surface area contributed by atoms with Gasteiger partial charge < -0.3 is 5.11 Å². The predicted octanol–water partition coefficient (Wildman–Crippen LogP) is 1.34. The van der Waals surface area contributed by atoms with Gasteiger partial charge in [0.05, 0.1) is 5.88 Å².